The van der Waals surface area contributed by atoms with Gasteiger partial charge in [0.05, 0.1) is 36.5 Å². The second-order valence-corrected chi connectivity index (χ2v) is 9.01. The Morgan fingerprint density at radius 1 is 1.29 bits per heavy atom. The number of benzene rings is 1. The van der Waals surface area contributed by atoms with Crippen molar-refractivity contribution in [3.63, 3.8) is 0 Å². The van der Waals surface area contributed by atoms with Crippen LogP contribution in [0, 0.1) is 22.7 Å². The summed E-state index contributed by atoms with van der Waals surface area (Å²) < 4.78 is 51.4. The van der Waals surface area contributed by atoms with Gasteiger partial charge in [0, 0.05) is 62.1 Å². The van der Waals surface area contributed by atoms with Crippen molar-refractivity contribution >= 4 is 11.6 Å². The first-order valence-corrected chi connectivity index (χ1v) is 11.4. The maximum atomic E-state index is 13.5. The number of fused-ring (bicyclic) bond motifs is 1. The fraction of sp³-hybridized carbons (Fsp3) is 0.480. The van der Waals surface area contributed by atoms with E-state index in [0.29, 0.717) is 62.9 Å². The van der Waals surface area contributed by atoms with E-state index in [4.69, 9.17) is 14.7 Å². The third-order valence-corrected chi connectivity index (χ3v) is 7.00. The number of methoxy groups -OCH3 is 1. The molecule has 0 aliphatic carbocycles. The smallest absolute Gasteiger partial charge is 0.417 e. The Balaban J connectivity index is 1.57. The van der Waals surface area contributed by atoms with Crippen LogP contribution in [0.3, 0.4) is 0 Å². The van der Waals surface area contributed by atoms with Gasteiger partial charge in [-0.15, -0.1) is 0 Å². The first-order chi connectivity index (χ1) is 16.7. The maximum absolute atomic E-state index is 13.5. The fourth-order valence-corrected chi connectivity index (χ4v) is 5.08. The van der Waals surface area contributed by atoms with E-state index in [0.717, 1.165) is 6.07 Å². The first-order valence-electron chi connectivity index (χ1n) is 11.4. The fourth-order valence-electron chi connectivity index (χ4n) is 5.08. The molecule has 2 aliphatic rings. The summed E-state index contributed by atoms with van der Waals surface area (Å²) in [6, 6.07) is 8.77. The second kappa shape index (κ2) is 9.74. The first kappa shape index (κ1) is 24.8. The van der Waals surface area contributed by atoms with Crippen LogP contribution in [-0.4, -0.2) is 62.3 Å². The monoisotopic (exact) mass is 488 g/mol. The Labute approximate surface area is 202 Å². The number of pyridine rings is 1. The summed E-state index contributed by atoms with van der Waals surface area (Å²) in [4.78, 5) is 21.0. The molecule has 0 N–H and O–H groups in total. The number of anilines is 1. The van der Waals surface area contributed by atoms with Crippen LogP contribution >= 0.6 is 0 Å². The number of likely N-dealkylation sites (tertiary alicyclic amines) is 1. The lowest BCUT2D eigenvalue weighted by Gasteiger charge is -2.44. The largest absolute Gasteiger partial charge is 0.481 e. The van der Waals surface area contributed by atoms with Crippen molar-refractivity contribution in [3.8, 4) is 11.9 Å². The van der Waals surface area contributed by atoms with E-state index in [2.05, 4.69) is 4.98 Å². The number of carbonyl (C=O) groups excluding carboxylic acids is 1. The molecule has 4 rings (SSSR count). The predicted octanol–water partition coefficient (Wildman–Crippen LogP) is 3.99. The number of nitrogens with zero attached hydrogens (tertiary/aromatic N) is 4. The SMILES string of the molecule is CCOC[C@@]12CCN(c3ccc(C#N)c(C(F)(F)F)c3)C[C@@H]1CN(C(=O)c1ccc(OC)nc1)C2. The highest BCUT2D eigenvalue weighted by atomic mass is 19.4. The van der Waals surface area contributed by atoms with Crippen molar-refractivity contribution in [2.45, 2.75) is 19.5 Å². The van der Waals surface area contributed by atoms with Crippen LogP contribution in [0.15, 0.2) is 36.5 Å². The average molecular weight is 489 g/mol. The molecule has 1 amide bonds. The third kappa shape index (κ3) is 4.91. The number of piperidine rings is 1. The Hall–Kier alpha value is -3.32. The lowest BCUT2D eigenvalue weighted by atomic mass is 9.73. The molecule has 0 bridgehead atoms. The van der Waals surface area contributed by atoms with Gasteiger partial charge in [-0.25, -0.2) is 4.98 Å². The van der Waals surface area contributed by atoms with Gasteiger partial charge in [0.2, 0.25) is 5.88 Å². The van der Waals surface area contributed by atoms with Gasteiger partial charge in [-0.3, -0.25) is 4.79 Å². The van der Waals surface area contributed by atoms with Gasteiger partial charge in [-0.2, -0.15) is 18.4 Å². The Morgan fingerprint density at radius 3 is 2.71 bits per heavy atom. The van der Waals surface area contributed by atoms with E-state index in [9.17, 15) is 18.0 Å². The van der Waals surface area contributed by atoms with Crippen LogP contribution in [0.4, 0.5) is 18.9 Å². The van der Waals surface area contributed by atoms with Gasteiger partial charge in [-0.1, -0.05) is 0 Å². The molecule has 2 saturated heterocycles. The Morgan fingerprint density at radius 2 is 2.09 bits per heavy atom. The molecule has 1 aromatic carbocycles. The van der Waals surface area contributed by atoms with E-state index in [1.807, 2.05) is 11.8 Å². The molecule has 186 valence electrons. The molecule has 3 heterocycles. The number of ether oxygens (including phenoxy) is 2. The van der Waals surface area contributed by atoms with E-state index in [1.54, 1.807) is 29.2 Å². The second-order valence-electron chi connectivity index (χ2n) is 9.01. The van der Waals surface area contributed by atoms with Crippen molar-refractivity contribution in [2.24, 2.45) is 11.3 Å². The molecular weight excluding hydrogens is 461 g/mol. The van der Waals surface area contributed by atoms with Crippen LogP contribution < -0.4 is 9.64 Å². The molecule has 1 aromatic heterocycles. The molecule has 2 fully saturated rings. The molecular formula is C25H27F3N4O3. The van der Waals surface area contributed by atoms with Crippen LogP contribution in [0.5, 0.6) is 5.88 Å². The number of amides is 1. The lowest BCUT2D eigenvalue weighted by molar-refractivity contribution is -0.137. The Kier molecular flexibility index (Phi) is 6.90. The van der Waals surface area contributed by atoms with Gasteiger partial charge in [-0.05, 0) is 37.6 Å². The number of alkyl halides is 3. The molecule has 2 atom stereocenters. The zero-order valence-electron chi connectivity index (χ0n) is 19.6. The topological polar surface area (TPSA) is 78.7 Å². The molecule has 2 aliphatic heterocycles. The molecule has 7 nitrogen and oxygen atoms in total. The highest BCUT2D eigenvalue weighted by Gasteiger charge is 2.51. The van der Waals surface area contributed by atoms with E-state index in [-0.39, 0.29) is 17.2 Å². The van der Waals surface area contributed by atoms with Gasteiger partial charge >= 0.3 is 6.18 Å². The summed E-state index contributed by atoms with van der Waals surface area (Å²) in [5.41, 5.74) is -0.726. The van der Waals surface area contributed by atoms with Crippen molar-refractivity contribution in [1.82, 2.24) is 9.88 Å². The lowest BCUT2D eigenvalue weighted by Crippen LogP contribution is -2.49. The predicted molar refractivity (Wildman–Crippen MR) is 122 cm³/mol. The summed E-state index contributed by atoms with van der Waals surface area (Å²) in [5.74, 6) is 0.290. The van der Waals surface area contributed by atoms with Crippen LogP contribution in [-0.2, 0) is 10.9 Å². The van der Waals surface area contributed by atoms with Crippen molar-refractivity contribution in [3.05, 3.63) is 53.2 Å². The quantitative estimate of drug-likeness (QED) is 0.612. The summed E-state index contributed by atoms with van der Waals surface area (Å²) in [6.45, 7) is 4.93. The number of nitriles is 1. The third-order valence-electron chi connectivity index (χ3n) is 7.00. The zero-order valence-corrected chi connectivity index (χ0v) is 19.6. The van der Waals surface area contributed by atoms with Crippen LogP contribution in [0.1, 0.15) is 34.8 Å². The highest BCUT2D eigenvalue weighted by Crippen LogP contribution is 2.45. The van der Waals surface area contributed by atoms with Crippen molar-refractivity contribution in [2.75, 3.05) is 51.4 Å². The molecule has 0 spiro atoms. The number of carbonyl (C=O) groups is 1. The summed E-state index contributed by atoms with van der Waals surface area (Å²) in [6.07, 6.45) is -2.46. The number of hydrogen-bond donors (Lipinski definition) is 0. The minimum Gasteiger partial charge on any atom is -0.481 e. The van der Waals surface area contributed by atoms with Gasteiger partial charge < -0.3 is 19.3 Å². The molecule has 35 heavy (non-hydrogen) atoms. The van der Waals surface area contributed by atoms with Gasteiger partial charge in [0.15, 0.2) is 0 Å². The molecule has 0 radical (unpaired) electrons. The van der Waals surface area contributed by atoms with E-state index >= 15 is 0 Å². The van der Waals surface area contributed by atoms with Gasteiger partial charge in [0.25, 0.3) is 5.91 Å². The minimum atomic E-state index is -4.61. The molecule has 0 saturated carbocycles. The zero-order chi connectivity index (χ0) is 25.2. The van der Waals surface area contributed by atoms with Crippen LogP contribution in [0.25, 0.3) is 0 Å². The van der Waals surface area contributed by atoms with Crippen molar-refractivity contribution in [1.29, 1.82) is 5.26 Å². The molecule has 10 heteroatoms. The molecule has 2 aromatic rings. The number of halogens is 3. The summed E-state index contributed by atoms with van der Waals surface area (Å²) >= 11 is 0. The average Bonchev–Trinajstić information content (AvgIpc) is 3.25. The van der Waals surface area contributed by atoms with Crippen molar-refractivity contribution < 1.29 is 27.4 Å². The number of aromatic nitrogens is 1. The maximum Gasteiger partial charge on any atom is 0.417 e. The number of hydrogen-bond acceptors (Lipinski definition) is 6. The summed E-state index contributed by atoms with van der Waals surface area (Å²) in [5, 5.41) is 9.10. The molecule has 0 unspecified atom stereocenters. The number of rotatable bonds is 6. The highest BCUT2D eigenvalue weighted by molar-refractivity contribution is 5.94. The summed E-state index contributed by atoms with van der Waals surface area (Å²) in [7, 11) is 1.50. The van der Waals surface area contributed by atoms with Crippen LogP contribution in [0.2, 0.25) is 0 Å². The van der Waals surface area contributed by atoms with E-state index in [1.165, 1.54) is 19.4 Å². The van der Waals surface area contributed by atoms with E-state index < -0.39 is 17.3 Å². The standard InChI is InChI=1S/C25H27F3N4O3/c1-3-35-16-24-8-9-31(20-6-4-17(11-29)21(10-20)25(26,27)28)13-19(24)14-32(15-24)23(33)18-5-7-22(34-2)30-12-18/h4-7,10,12,19H,3,8-9,13-16H2,1-2H3/t19-,24+/m1/s1. The minimum absolute atomic E-state index is 0.0166. The normalized spacial score (nSPS) is 22.0. The Bertz CT molecular complexity index is 1120. The van der Waals surface area contributed by atoms with Gasteiger partial charge in [0.1, 0.15) is 0 Å².